The number of nitrogens with zero attached hydrogens (tertiary/aromatic N) is 1. The summed E-state index contributed by atoms with van der Waals surface area (Å²) in [7, 11) is 0. The number of halogens is 1. The van der Waals surface area contributed by atoms with Crippen LogP contribution in [0.3, 0.4) is 0 Å². The Morgan fingerprint density at radius 2 is 2.14 bits per heavy atom. The molecule has 0 radical (unpaired) electrons. The van der Waals surface area contributed by atoms with Gasteiger partial charge in [0, 0.05) is 12.1 Å². The fourth-order valence-electron chi connectivity index (χ4n) is 1.65. The lowest BCUT2D eigenvalue weighted by Gasteiger charge is -2.09. The first kappa shape index (κ1) is 14.8. The molecule has 0 unspecified atom stereocenters. The van der Waals surface area contributed by atoms with Crippen molar-refractivity contribution in [2.45, 2.75) is 13.8 Å². The second-order valence-corrected chi connectivity index (χ2v) is 4.34. The molecule has 110 valence electrons. The van der Waals surface area contributed by atoms with Gasteiger partial charge < -0.3 is 15.2 Å². The van der Waals surface area contributed by atoms with Gasteiger partial charge in [-0.2, -0.15) is 0 Å². The fraction of sp³-hybridized carbons (Fsp3) is 0.200. The van der Waals surface area contributed by atoms with Gasteiger partial charge in [-0.15, -0.1) is 0 Å². The molecule has 0 spiro atoms. The van der Waals surface area contributed by atoms with Crippen LogP contribution < -0.4 is 10.5 Å². The van der Waals surface area contributed by atoms with E-state index in [4.69, 9.17) is 15.2 Å². The highest BCUT2D eigenvalue weighted by atomic mass is 19.1. The van der Waals surface area contributed by atoms with Crippen LogP contribution in [0.1, 0.15) is 22.8 Å². The first-order chi connectivity index (χ1) is 10.0. The van der Waals surface area contributed by atoms with E-state index in [1.165, 1.54) is 18.3 Å². The van der Waals surface area contributed by atoms with Crippen molar-refractivity contribution in [3.05, 3.63) is 47.4 Å². The standard InChI is InChI=1S/C15H15FN2O3/c1-3-20-15(19)11-7-14(18-8-13(11)17)21-10-5-4-9(2)12(16)6-10/h4-8H,3,17H2,1-2H3. The van der Waals surface area contributed by atoms with Crippen molar-refractivity contribution < 1.29 is 18.7 Å². The van der Waals surface area contributed by atoms with Crippen molar-refractivity contribution in [1.29, 1.82) is 0 Å². The van der Waals surface area contributed by atoms with Crippen molar-refractivity contribution in [2.24, 2.45) is 0 Å². The predicted octanol–water partition coefficient (Wildman–Crippen LogP) is 3.08. The maximum Gasteiger partial charge on any atom is 0.340 e. The summed E-state index contributed by atoms with van der Waals surface area (Å²) in [6.45, 7) is 3.58. The minimum atomic E-state index is -0.558. The SMILES string of the molecule is CCOC(=O)c1cc(Oc2ccc(C)c(F)c2)ncc1N. The number of pyridine rings is 1. The molecule has 1 aromatic carbocycles. The van der Waals surface area contributed by atoms with Gasteiger partial charge in [-0.25, -0.2) is 14.2 Å². The largest absolute Gasteiger partial charge is 0.462 e. The van der Waals surface area contributed by atoms with Crippen LogP contribution in [-0.4, -0.2) is 17.6 Å². The molecule has 2 aromatic rings. The van der Waals surface area contributed by atoms with Gasteiger partial charge in [0.15, 0.2) is 0 Å². The molecule has 21 heavy (non-hydrogen) atoms. The Hall–Kier alpha value is -2.63. The number of esters is 1. The molecule has 2 N–H and O–H groups in total. The maximum atomic E-state index is 13.5. The first-order valence-electron chi connectivity index (χ1n) is 6.38. The summed E-state index contributed by atoms with van der Waals surface area (Å²) in [6, 6.07) is 5.82. The zero-order chi connectivity index (χ0) is 15.4. The molecular weight excluding hydrogens is 275 g/mol. The van der Waals surface area contributed by atoms with E-state index < -0.39 is 5.97 Å². The van der Waals surface area contributed by atoms with E-state index in [1.807, 2.05) is 0 Å². The minimum absolute atomic E-state index is 0.135. The van der Waals surface area contributed by atoms with Crippen LogP contribution in [-0.2, 0) is 4.74 Å². The zero-order valence-electron chi connectivity index (χ0n) is 11.7. The smallest absolute Gasteiger partial charge is 0.340 e. The van der Waals surface area contributed by atoms with E-state index in [0.29, 0.717) is 5.56 Å². The van der Waals surface area contributed by atoms with Crippen molar-refractivity contribution >= 4 is 11.7 Å². The maximum absolute atomic E-state index is 13.5. The summed E-state index contributed by atoms with van der Waals surface area (Å²) in [5, 5.41) is 0. The molecule has 0 saturated carbocycles. The van der Waals surface area contributed by atoms with Gasteiger partial charge in [0.1, 0.15) is 11.6 Å². The van der Waals surface area contributed by atoms with Crippen LogP contribution in [0.25, 0.3) is 0 Å². The summed E-state index contributed by atoms with van der Waals surface area (Å²) in [4.78, 5) is 15.7. The number of nitrogen functional groups attached to an aromatic ring is 1. The minimum Gasteiger partial charge on any atom is -0.462 e. The van der Waals surface area contributed by atoms with Crippen LogP contribution in [0, 0.1) is 12.7 Å². The molecule has 0 aliphatic carbocycles. The van der Waals surface area contributed by atoms with Gasteiger partial charge in [-0.1, -0.05) is 6.07 Å². The number of rotatable bonds is 4. The molecule has 2 rings (SSSR count). The van der Waals surface area contributed by atoms with Gasteiger partial charge in [-0.05, 0) is 25.5 Å². The van der Waals surface area contributed by atoms with Crippen molar-refractivity contribution in [3.63, 3.8) is 0 Å². The lowest BCUT2D eigenvalue weighted by atomic mass is 10.2. The second kappa shape index (κ2) is 6.21. The molecule has 5 nitrogen and oxygen atoms in total. The number of hydrogen-bond donors (Lipinski definition) is 1. The first-order valence-corrected chi connectivity index (χ1v) is 6.38. The van der Waals surface area contributed by atoms with Gasteiger partial charge in [0.25, 0.3) is 0 Å². The molecule has 0 fully saturated rings. The van der Waals surface area contributed by atoms with E-state index in [0.717, 1.165) is 0 Å². The Kier molecular flexibility index (Phi) is 4.37. The molecule has 0 aliphatic heterocycles. The Labute approximate surface area is 121 Å². The number of benzene rings is 1. The summed E-state index contributed by atoms with van der Waals surface area (Å²) < 4.78 is 23.8. The highest BCUT2D eigenvalue weighted by Gasteiger charge is 2.13. The third kappa shape index (κ3) is 3.47. The lowest BCUT2D eigenvalue weighted by molar-refractivity contribution is 0.0527. The number of carbonyl (C=O) groups is 1. The summed E-state index contributed by atoms with van der Waals surface area (Å²) in [5.41, 5.74) is 6.54. The Bertz CT molecular complexity index is 674. The topological polar surface area (TPSA) is 74.4 Å². The summed E-state index contributed by atoms with van der Waals surface area (Å²) in [6.07, 6.45) is 1.30. The van der Waals surface area contributed by atoms with Crippen LogP contribution in [0.5, 0.6) is 11.6 Å². The van der Waals surface area contributed by atoms with Crippen LogP contribution in [0.15, 0.2) is 30.5 Å². The second-order valence-electron chi connectivity index (χ2n) is 4.34. The number of anilines is 1. The van der Waals surface area contributed by atoms with Gasteiger partial charge in [0.2, 0.25) is 5.88 Å². The van der Waals surface area contributed by atoms with E-state index in [-0.39, 0.29) is 35.3 Å². The number of hydrogen-bond acceptors (Lipinski definition) is 5. The molecule has 6 heteroatoms. The highest BCUT2D eigenvalue weighted by Crippen LogP contribution is 2.24. The summed E-state index contributed by atoms with van der Waals surface area (Å²) >= 11 is 0. The average molecular weight is 290 g/mol. The van der Waals surface area contributed by atoms with Crippen molar-refractivity contribution in [2.75, 3.05) is 12.3 Å². The molecular formula is C15H15FN2O3. The molecule has 1 heterocycles. The monoisotopic (exact) mass is 290 g/mol. The van der Waals surface area contributed by atoms with E-state index in [2.05, 4.69) is 4.98 Å². The van der Waals surface area contributed by atoms with Crippen molar-refractivity contribution in [3.8, 4) is 11.6 Å². The molecule has 1 aromatic heterocycles. The van der Waals surface area contributed by atoms with Crippen LogP contribution in [0.2, 0.25) is 0 Å². The van der Waals surface area contributed by atoms with Gasteiger partial charge >= 0.3 is 5.97 Å². The third-order valence-corrected chi connectivity index (χ3v) is 2.77. The molecule has 0 saturated heterocycles. The molecule has 0 bridgehead atoms. The van der Waals surface area contributed by atoms with E-state index in [1.54, 1.807) is 26.0 Å². The van der Waals surface area contributed by atoms with Gasteiger partial charge in [-0.3, -0.25) is 0 Å². The highest BCUT2D eigenvalue weighted by molar-refractivity contribution is 5.95. The number of ether oxygens (including phenoxy) is 2. The molecule has 0 aliphatic rings. The Morgan fingerprint density at radius 1 is 1.38 bits per heavy atom. The number of aromatic nitrogens is 1. The lowest BCUT2D eigenvalue weighted by Crippen LogP contribution is -2.08. The van der Waals surface area contributed by atoms with E-state index in [9.17, 15) is 9.18 Å². The Balaban J connectivity index is 2.26. The van der Waals surface area contributed by atoms with Crippen molar-refractivity contribution in [1.82, 2.24) is 4.98 Å². The van der Waals surface area contributed by atoms with Crippen LogP contribution in [0.4, 0.5) is 10.1 Å². The average Bonchev–Trinajstić information content (AvgIpc) is 2.45. The molecule has 0 atom stereocenters. The summed E-state index contributed by atoms with van der Waals surface area (Å²) in [5.74, 6) is -0.522. The quantitative estimate of drug-likeness (QED) is 0.876. The molecule has 0 amide bonds. The number of aryl methyl sites for hydroxylation is 1. The normalized spacial score (nSPS) is 10.2. The van der Waals surface area contributed by atoms with E-state index >= 15 is 0 Å². The van der Waals surface area contributed by atoms with Crippen LogP contribution >= 0.6 is 0 Å². The number of carbonyl (C=O) groups excluding carboxylic acids is 1. The zero-order valence-corrected chi connectivity index (χ0v) is 11.7. The fourth-order valence-corrected chi connectivity index (χ4v) is 1.65. The van der Waals surface area contributed by atoms with Gasteiger partial charge in [0.05, 0.1) is 24.1 Å². The Morgan fingerprint density at radius 3 is 2.81 bits per heavy atom. The predicted molar refractivity (Wildman–Crippen MR) is 75.8 cm³/mol. The number of nitrogens with two attached hydrogens (primary N) is 1. The third-order valence-electron chi connectivity index (χ3n) is 2.77.